The molecule has 3 aromatic rings. The fourth-order valence-corrected chi connectivity index (χ4v) is 5.48. The zero-order valence-electron chi connectivity index (χ0n) is 17.5. The van der Waals surface area contributed by atoms with Gasteiger partial charge in [-0.05, 0) is 61.9 Å². The molecule has 9 heteroatoms. The first-order chi connectivity index (χ1) is 15.5. The number of fused-ring (bicyclic) bond motifs is 1. The molecule has 0 unspecified atom stereocenters. The average molecular weight is 468 g/mol. The van der Waals surface area contributed by atoms with Crippen molar-refractivity contribution in [3.05, 3.63) is 57.5 Å². The molecule has 1 aliphatic carbocycles. The highest BCUT2D eigenvalue weighted by molar-refractivity contribution is 8.00. The average Bonchev–Trinajstić information content (AvgIpc) is 3.29. The molecule has 164 valence electrons. The minimum absolute atomic E-state index is 0.184. The quantitative estimate of drug-likeness (QED) is 0.372. The maximum Gasteiger partial charge on any atom is 0.238 e. The van der Waals surface area contributed by atoms with Crippen LogP contribution in [0.3, 0.4) is 0 Å². The number of carbonyl (C=O) groups excluding carboxylic acids is 1. The van der Waals surface area contributed by atoms with Crippen LogP contribution in [0.5, 0.6) is 0 Å². The van der Waals surface area contributed by atoms with Crippen molar-refractivity contribution in [1.82, 2.24) is 15.2 Å². The number of aromatic amines is 1. The molecular weight excluding hydrogens is 445 g/mol. The Bertz CT molecular complexity index is 1180. The Morgan fingerprint density at radius 3 is 2.84 bits per heavy atom. The molecular formula is C23H22FN5OS2. The summed E-state index contributed by atoms with van der Waals surface area (Å²) in [7, 11) is 0. The number of thiophene rings is 1. The van der Waals surface area contributed by atoms with Gasteiger partial charge in [-0.15, -0.1) is 16.4 Å². The van der Waals surface area contributed by atoms with Crippen molar-refractivity contribution in [2.75, 3.05) is 5.32 Å². The smallest absolute Gasteiger partial charge is 0.238 e. The van der Waals surface area contributed by atoms with Gasteiger partial charge in [0, 0.05) is 4.88 Å². The molecule has 1 aromatic carbocycles. The first-order valence-electron chi connectivity index (χ1n) is 10.4. The van der Waals surface area contributed by atoms with Crippen LogP contribution in [0, 0.1) is 17.1 Å². The van der Waals surface area contributed by atoms with E-state index in [1.54, 1.807) is 31.2 Å². The summed E-state index contributed by atoms with van der Waals surface area (Å²) >= 11 is 2.77. The Hall–Kier alpha value is -2.96. The third-order valence-electron chi connectivity index (χ3n) is 5.21. The predicted molar refractivity (Wildman–Crippen MR) is 126 cm³/mol. The van der Waals surface area contributed by atoms with Gasteiger partial charge in [0.15, 0.2) is 0 Å². The van der Waals surface area contributed by atoms with Gasteiger partial charge >= 0.3 is 0 Å². The Balaban J connectivity index is 1.38. The molecule has 2 N–H and O–H groups in total. The normalized spacial score (nSPS) is 14.5. The standard InChI is InChI=1S/C23H22FN5OS2/c1-14(21(30)27-22-18(13-25)17-5-3-2-4-6-19(17)32-22)31-23-26-20(28-29-23)12-9-15-7-10-16(24)11-8-15/h7-12,14H,2-6H2,1H3,(H,27,30)(H,26,28,29)/b12-9+/t14-/m0/s1. The molecule has 2 heterocycles. The molecule has 0 saturated carbocycles. The van der Waals surface area contributed by atoms with Crippen molar-refractivity contribution in [1.29, 1.82) is 5.26 Å². The first kappa shape index (κ1) is 22.2. The van der Waals surface area contributed by atoms with Crippen molar-refractivity contribution in [3.8, 4) is 6.07 Å². The number of H-pyrrole nitrogens is 1. The molecule has 0 bridgehead atoms. The van der Waals surface area contributed by atoms with Crippen LogP contribution in [0.25, 0.3) is 12.2 Å². The van der Waals surface area contributed by atoms with E-state index in [4.69, 9.17) is 0 Å². The van der Waals surface area contributed by atoms with Crippen LogP contribution in [0.1, 0.15) is 53.6 Å². The molecule has 1 amide bonds. The maximum atomic E-state index is 13.0. The zero-order chi connectivity index (χ0) is 22.5. The minimum Gasteiger partial charge on any atom is -0.316 e. The van der Waals surface area contributed by atoms with Gasteiger partial charge in [-0.2, -0.15) is 5.26 Å². The number of halogens is 1. The number of nitrogens with zero attached hydrogens (tertiary/aromatic N) is 3. The number of hydrogen-bond acceptors (Lipinski definition) is 6. The number of nitrogens with one attached hydrogen (secondary N) is 2. The SMILES string of the molecule is C[C@H](Sc1n[nH]c(/C=C/c2ccc(F)cc2)n1)C(=O)Nc1sc2c(c1C#N)CCCCC2. The molecule has 1 aliphatic rings. The first-order valence-corrected chi connectivity index (χ1v) is 12.1. The number of aryl methyl sites for hydroxylation is 1. The summed E-state index contributed by atoms with van der Waals surface area (Å²) in [6, 6.07) is 8.42. The van der Waals surface area contributed by atoms with Crippen LogP contribution >= 0.6 is 23.1 Å². The Kier molecular flexibility index (Phi) is 7.02. The van der Waals surface area contributed by atoms with Gasteiger partial charge in [0.2, 0.25) is 11.1 Å². The van der Waals surface area contributed by atoms with Gasteiger partial charge < -0.3 is 5.32 Å². The number of benzene rings is 1. The maximum absolute atomic E-state index is 13.0. The van der Waals surface area contributed by atoms with E-state index < -0.39 is 5.25 Å². The van der Waals surface area contributed by atoms with E-state index in [2.05, 4.69) is 26.6 Å². The van der Waals surface area contributed by atoms with Crippen LogP contribution in [0.15, 0.2) is 29.4 Å². The molecule has 0 radical (unpaired) electrons. The van der Waals surface area contributed by atoms with Gasteiger partial charge in [0.1, 0.15) is 22.7 Å². The van der Waals surface area contributed by atoms with E-state index in [0.29, 0.717) is 21.5 Å². The lowest BCUT2D eigenvalue weighted by Crippen LogP contribution is -2.22. The molecule has 6 nitrogen and oxygen atoms in total. The zero-order valence-corrected chi connectivity index (χ0v) is 19.2. The minimum atomic E-state index is -0.437. The summed E-state index contributed by atoms with van der Waals surface area (Å²) in [5, 5.41) is 20.2. The number of amides is 1. The number of rotatable bonds is 6. The summed E-state index contributed by atoms with van der Waals surface area (Å²) in [4.78, 5) is 18.4. The van der Waals surface area contributed by atoms with Gasteiger partial charge in [-0.1, -0.05) is 36.4 Å². The number of hydrogen-bond donors (Lipinski definition) is 2. The fraction of sp³-hybridized carbons (Fsp3) is 0.304. The van der Waals surface area contributed by atoms with E-state index in [0.717, 1.165) is 36.8 Å². The number of nitriles is 1. The molecule has 0 aliphatic heterocycles. The monoisotopic (exact) mass is 467 g/mol. The van der Waals surface area contributed by atoms with E-state index in [9.17, 15) is 14.4 Å². The highest BCUT2D eigenvalue weighted by Crippen LogP contribution is 2.37. The van der Waals surface area contributed by atoms with Crippen LogP contribution in [0.2, 0.25) is 0 Å². The molecule has 2 aromatic heterocycles. The second-order valence-corrected chi connectivity index (χ2v) is 9.93. The summed E-state index contributed by atoms with van der Waals surface area (Å²) in [6.07, 6.45) is 8.81. The van der Waals surface area contributed by atoms with Crippen LogP contribution in [-0.2, 0) is 17.6 Å². The van der Waals surface area contributed by atoms with Crippen LogP contribution in [-0.4, -0.2) is 26.3 Å². The van der Waals surface area contributed by atoms with Crippen molar-refractivity contribution in [3.63, 3.8) is 0 Å². The van der Waals surface area contributed by atoms with E-state index in [-0.39, 0.29) is 11.7 Å². The Morgan fingerprint density at radius 2 is 2.06 bits per heavy atom. The number of aromatic nitrogens is 3. The molecule has 0 fully saturated rings. The third-order valence-corrected chi connectivity index (χ3v) is 7.38. The predicted octanol–water partition coefficient (Wildman–Crippen LogP) is 5.44. The van der Waals surface area contributed by atoms with Crippen LogP contribution < -0.4 is 5.32 Å². The Morgan fingerprint density at radius 1 is 1.28 bits per heavy atom. The Labute approximate surface area is 194 Å². The van der Waals surface area contributed by atoms with Gasteiger partial charge in [-0.25, -0.2) is 9.37 Å². The van der Waals surface area contributed by atoms with Gasteiger partial charge in [0.25, 0.3) is 0 Å². The number of carbonyl (C=O) groups is 1. The molecule has 32 heavy (non-hydrogen) atoms. The third kappa shape index (κ3) is 5.26. The molecule has 0 saturated heterocycles. The number of anilines is 1. The van der Waals surface area contributed by atoms with Crippen molar-refractivity contribution in [2.24, 2.45) is 0 Å². The summed E-state index contributed by atoms with van der Waals surface area (Å²) in [6.45, 7) is 1.79. The molecule has 0 spiro atoms. The second-order valence-electron chi connectivity index (χ2n) is 7.52. The fourth-order valence-electron chi connectivity index (χ4n) is 3.51. The highest BCUT2D eigenvalue weighted by Gasteiger charge is 2.23. The summed E-state index contributed by atoms with van der Waals surface area (Å²) < 4.78 is 13.0. The second kappa shape index (κ2) is 10.1. The van der Waals surface area contributed by atoms with E-state index in [1.807, 2.05) is 0 Å². The van der Waals surface area contributed by atoms with Crippen molar-refractivity contribution < 1.29 is 9.18 Å². The van der Waals surface area contributed by atoms with Crippen molar-refractivity contribution >= 4 is 46.2 Å². The lowest BCUT2D eigenvalue weighted by Gasteiger charge is -2.09. The summed E-state index contributed by atoms with van der Waals surface area (Å²) in [5.74, 6) is 0.0715. The lowest BCUT2D eigenvalue weighted by molar-refractivity contribution is -0.115. The number of thioether (sulfide) groups is 1. The van der Waals surface area contributed by atoms with Crippen molar-refractivity contribution in [2.45, 2.75) is 49.4 Å². The van der Waals surface area contributed by atoms with Gasteiger partial charge in [-0.3, -0.25) is 9.89 Å². The molecule has 4 rings (SSSR count). The van der Waals surface area contributed by atoms with E-state index >= 15 is 0 Å². The molecule has 1 atom stereocenters. The largest absolute Gasteiger partial charge is 0.316 e. The highest BCUT2D eigenvalue weighted by atomic mass is 32.2. The topological polar surface area (TPSA) is 94.5 Å². The lowest BCUT2D eigenvalue weighted by atomic mass is 10.1. The van der Waals surface area contributed by atoms with Crippen LogP contribution in [0.4, 0.5) is 9.39 Å². The summed E-state index contributed by atoms with van der Waals surface area (Å²) in [5.41, 5.74) is 2.56. The van der Waals surface area contributed by atoms with Gasteiger partial charge in [0.05, 0.1) is 10.8 Å². The van der Waals surface area contributed by atoms with E-state index in [1.165, 1.54) is 46.5 Å².